The number of aromatic nitrogens is 2. The first kappa shape index (κ1) is 14.2. The van der Waals surface area contributed by atoms with Gasteiger partial charge in [0.1, 0.15) is 5.69 Å². The van der Waals surface area contributed by atoms with E-state index in [4.69, 9.17) is 0 Å². The molecule has 0 saturated carbocycles. The topological polar surface area (TPSA) is 34.9 Å². The van der Waals surface area contributed by atoms with Crippen LogP contribution < -0.4 is 0 Å². The van der Waals surface area contributed by atoms with Crippen molar-refractivity contribution in [1.29, 1.82) is 0 Å². The lowest BCUT2D eigenvalue weighted by atomic mass is 10.2. The van der Waals surface area contributed by atoms with E-state index in [0.717, 1.165) is 26.9 Å². The summed E-state index contributed by atoms with van der Waals surface area (Å²) in [6, 6.07) is 12.1. The second-order valence-corrected chi connectivity index (χ2v) is 6.99. The van der Waals surface area contributed by atoms with E-state index in [2.05, 4.69) is 21.0 Å². The van der Waals surface area contributed by atoms with Gasteiger partial charge < -0.3 is 0 Å². The van der Waals surface area contributed by atoms with Crippen molar-refractivity contribution in [3.05, 3.63) is 63.1 Å². The Labute approximate surface area is 135 Å². The number of halogens is 1. The molecule has 3 aromatic rings. The highest BCUT2D eigenvalue weighted by molar-refractivity contribution is 9.10. The Balaban J connectivity index is 1.92. The first-order chi connectivity index (χ1) is 10.2. The summed E-state index contributed by atoms with van der Waals surface area (Å²) in [4.78, 5) is 13.5. The van der Waals surface area contributed by atoms with E-state index < -0.39 is 0 Å². The zero-order valence-corrected chi connectivity index (χ0v) is 13.8. The molecule has 2 aromatic heterocycles. The van der Waals surface area contributed by atoms with Gasteiger partial charge in [-0.15, -0.1) is 11.3 Å². The zero-order valence-electron chi connectivity index (χ0n) is 11.4. The summed E-state index contributed by atoms with van der Waals surface area (Å²) in [6.07, 6.45) is 2.68. The highest BCUT2D eigenvalue weighted by Crippen LogP contribution is 2.28. The van der Waals surface area contributed by atoms with Gasteiger partial charge in [0.25, 0.3) is 0 Å². The molecule has 0 amide bonds. The van der Waals surface area contributed by atoms with Gasteiger partial charge in [-0.3, -0.25) is 9.48 Å². The molecule has 0 aliphatic heterocycles. The molecule has 3 nitrogen and oxygen atoms in total. The average Bonchev–Trinajstić information content (AvgIpc) is 3.07. The fourth-order valence-electron chi connectivity index (χ4n) is 2.13. The second-order valence-electron chi connectivity index (χ2n) is 4.79. The molecule has 0 N–H and O–H groups in total. The SMILES string of the molecule is Cc1ccc(-c2nn(Cc3ccc(Br)cc3)cc2C=O)s1. The van der Waals surface area contributed by atoms with Crippen LogP contribution in [0.3, 0.4) is 0 Å². The maximum atomic E-state index is 11.3. The van der Waals surface area contributed by atoms with Crippen LogP contribution in [0, 0.1) is 6.92 Å². The average molecular weight is 361 g/mol. The van der Waals surface area contributed by atoms with Gasteiger partial charge in [-0.25, -0.2) is 0 Å². The van der Waals surface area contributed by atoms with E-state index in [1.807, 2.05) is 48.0 Å². The van der Waals surface area contributed by atoms with Gasteiger partial charge in [0, 0.05) is 15.5 Å². The van der Waals surface area contributed by atoms with Crippen LogP contribution in [0.25, 0.3) is 10.6 Å². The number of thiophene rings is 1. The van der Waals surface area contributed by atoms with Crippen molar-refractivity contribution in [2.45, 2.75) is 13.5 Å². The summed E-state index contributed by atoms with van der Waals surface area (Å²) >= 11 is 5.07. The Hall–Kier alpha value is -1.72. The number of hydrogen-bond donors (Lipinski definition) is 0. The van der Waals surface area contributed by atoms with Crippen LogP contribution in [0.5, 0.6) is 0 Å². The molecular formula is C16H13BrN2OS. The lowest BCUT2D eigenvalue weighted by Gasteiger charge is -2.01. The summed E-state index contributed by atoms with van der Waals surface area (Å²) in [5.74, 6) is 0. The predicted molar refractivity (Wildman–Crippen MR) is 88.9 cm³/mol. The van der Waals surface area contributed by atoms with Crippen LogP contribution in [0.1, 0.15) is 20.8 Å². The molecule has 106 valence electrons. The molecular weight excluding hydrogens is 348 g/mol. The van der Waals surface area contributed by atoms with Gasteiger partial charge in [0.15, 0.2) is 6.29 Å². The van der Waals surface area contributed by atoms with Crippen LogP contribution in [0.2, 0.25) is 0 Å². The number of aryl methyl sites for hydroxylation is 1. The molecule has 3 rings (SSSR count). The summed E-state index contributed by atoms with van der Waals surface area (Å²) < 4.78 is 2.87. The number of hydrogen-bond acceptors (Lipinski definition) is 3. The largest absolute Gasteiger partial charge is 0.298 e. The Bertz CT molecular complexity index is 774. The van der Waals surface area contributed by atoms with Crippen molar-refractivity contribution >= 4 is 33.6 Å². The maximum Gasteiger partial charge on any atom is 0.153 e. The van der Waals surface area contributed by atoms with Crippen molar-refractivity contribution < 1.29 is 4.79 Å². The summed E-state index contributed by atoms with van der Waals surface area (Å²) in [5, 5.41) is 4.57. The third kappa shape index (κ3) is 3.14. The number of rotatable bonds is 4. The maximum absolute atomic E-state index is 11.3. The van der Waals surface area contributed by atoms with E-state index >= 15 is 0 Å². The van der Waals surface area contributed by atoms with Crippen molar-refractivity contribution in [2.75, 3.05) is 0 Å². The molecule has 2 heterocycles. The molecule has 0 radical (unpaired) electrons. The van der Waals surface area contributed by atoms with E-state index in [9.17, 15) is 4.79 Å². The van der Waals surface area contributed by atoms with Gasteiger partial charge >= 0.3 is 0 Å². The standard InChI is InChI=1S/C16H13BrN2OS/c1-11-2-7-15(21-11)16-13(10-20)9-19(18-16)8-12-3-5-14(17)6-4-12/h2-7,9-10H,8H2,1H3. The van der Waals surface area contributed by atoms with Gasteiger partial charge in [-0.1, -0.05) is 28.1 Å². The van der Waals surface area contributed by atoms with Gasteiger partial charge in [-0.2, -0.15) is 5.10 Å². The minimum Gasteiger partial charge on any atom is -0.298 e. The lowest BCUT2D eigenvalue weighted by Crippen LogP contribution is -1.99. The molecule has 21 heavy (non-hydrogen) atoms. The normalized spacial score (nSPS) is 10.8. The molecule has 0 atom stereocenters. The van der Waals surface area contributed by atoms with Crippen molar-refractivity contribution in [2.24, 2.45) is 0 Å². The van der Waals surface area contributed by atoms with E-state index in [0.29, 0.717) is 12.1 Å². The van der Waals surface area contributed by atoms with E-state index in [-0.39, 0.29) is 0 Å². The van der Waals surface area contributed by atoms with E-state index in [1.54, 1.807) is 17.5 Å². The molecule has 0 bridgehead atoms. The second kappa shape index (κ2) is 5.95. The summed E-state index contributed by atoms with van der Waals surface area (Å²) in [5.41, 5.74) is 2.54. The number of benzene rings is 1. The molecule has 0 saturated heterocycles. The molecule has 0 spiro atoms. The number of nitrogens with zero attached hydrogens (tertiary/aromatic N) is 2. The van der Waals surface area contributed by atoms with Crippen molar-refractivity contribution in [1.82, 2.24) is 9.78 Å². The van der Waals surface area contributed by atoms with Crippen LogP contribution in [0.4, 0.5) is 0 Å². The fraction of sp³-hybridized carbons (Fsp3) is 0.125. The highest BCUT2D eigenvalue weighted by Gasteiger charge is 2.12. The van der Waals surface area contributed by atoms with Crippen LogP contribution in [0.15, 0.2) is 47.1 Å². The monoisotopic (exact) mass is 360 g/mol. The molecule has 1 aromatic carbocycles. The van der Waals surface area contributed by atoms with Crippen LogP contribution >= 0.6 is 27.3 Å². The van der Waals surface area contributed by atoms with Crippen LogP contribution in [-0.2, 0) is 6.54 Å². The lowest BCUT2D eigenvalue weighted by molar-refractivity contribution is 0.112. The molecule has 5 heteroatoms. The highest BCUT2D eigenvalue weighted by atomic mass is 79.9. The van der Waals surface area contributed by atoms with Gasteiger partial charge in [0.05, 0.1) is 17.0 Å². The van der Waals surface area contributed by atoms with Crippen molar-refractivity contribution in [3.63, 3.8) is 0 Å². The van der Waals surface area contributed by atoms with Gasteiger partial charge in [-0.05, 0) is 36.8 Å². The van der Waals surface area contributed by atoms with Gasteiger partial charge in [0.2, 0.25) is 0 Å². The minimum atomic E-state index is 0.633. The number of aldehydes is 1. The Morgan fingerprint density at radius 1 is 1.24 bits per heavy atom. The summed E-state index contributed by atoms with van der Waals surface area (Å²) in [6.45, 7) is 2.70. The Morgan fingerprint density at radius 2 is 2.00 bits per heavy atom. The first-order valence-corrected chi connectivity index (χ1v) is 8.10. The van der Waals surface area contributed by atoms with Crippen molar-refractivity contribution in [3.8, 4) is 10.6 Å². The van der Waals surface area contributed by atoms with Crippen LogP contribution in [-0.4, -0.2) is 16.1 Å². The fourth-order valence-corrected chi connectivity index (χ4v) is 3.27. The summed E-state index contributed by atoms with van der Waals surface area (Å²) in [7, 11) is 0. The minimum absolute atomic E-state index is 0.633. The molecule has 0 aliphatic carbocycles. The molecule has 0 fully saturated rings. The number of carbonyl (C=O) groups excluding carboxylic acids is 1. The Kier molecular flexibility index (Phi) is 4.03. The third-order valence-corrected chi connectivity index (χ3v) is 4.68. The smallest absolute Gasteiger partial charge is 0.153 e. The third-order valence-electron chi connectivity index (χ3n) is 3.15. The quantitative estimate of drug-likeness (QED) is 0.640. The molecule has 0 aliphatic rings. The van der Waals surface area contributed by atoms with E-state index in [1.165, 1.54) is 4.88 Å². The Morgan fingerprint density at radius 3 is 2.62 bits per heavy atom. The number of carbonyl (C=O) groups is 1. The first-order valence-electron chi connectivity index (χ1n) is 6.49. The molecule has 0 unspecified atom stereocenters. The zero-order chi connectivity index (χ0) is 14.8. The predicted octanol–water partition coefficient (Wildman–Crippen LogP) is 4.54.